The minimum absolute atomic E-state index is 0.138. The van der Waals surface area contributed by atoms with Gasteiger partial charge in [0.05, 0.1) is 12.7 Å². The maximum Gasteiger partial charge on any atom is 0.262 e. The molecular formula is C29H31N3O3S. The van der Waals surface area contributed by atoms with Crippen molar-refractivity contribution in [1.82, 2.24) is 0 Å². The van der Waals surface area contributed by atoms with Crippen molar-refractivity contribution in [3.63, 3.8) is 0 Å². The first-order valence-corrected chi connectivity index (χ1v) is 12.8. The van der Waals surface area contributed by atoms with Gasteiger partial charge >= 0.3 is 0 Å². The molecule has 0 radical (unpaired) electrons. The van der Waals surface area contributed by atoms with Crippen molar-refractivity contribution in [3.8, 4) is 17.6 Å². The van der Waals surface area contributed by atoms with E-state index in [9.17, 15) is 10.1 Å². The highest BCUT2D eigenvalue weighted by Gasteiger charge is 2.32. The molecule has 186 valence electrons. The number of fused-ring (bicyclic) bond motifs is 1. The molecule has 0 saturated heterocycles. The molecule has 0 bridgehead atoms. The van der Waals surface area contributed by atoms with Crippen LogP contribution in [0, 0.1) is 22.7 Å². The molecule has 1 aromatic heterocycles. The predicted octanol–water partition coefficient (Wildman–Crippen LogP) is 6.55. The zero-order valence-corrected chi connectivity index (χ0v) is 21.9. The number of ether oxygens (including phenoxy) is 2. The van der Waals surface area contributed by atoms with Crippen LogP contribution < -0.4 is 14.8 Å². The monoisotopic (exact) mass is 501 g/mol. The van der Waals surface area contributed by atoms with E-state index in [1.807, 2.05) is 42.5 Å². The number of anilines is 1. The molecule has 1 amide bonds. The van der Waals surface area contributed by atoms with Gasteiger partial charge in [-0.25, -0.2) is 4.99 Å². The molecule has 1 heterocycles. The second kappa shape index (κ2) is 11.0. The number of thiophene rings is 1. The topological polar surface area (TPSA) is 83.7 Å². The number of hydrogen-bond acceptors (Lipinski definition) is 6. The van der Waals surface area contributed by atoms with E-state index in [-0.39, 0.29) is 17.9 Å². The number of amides is 1. The van der Waals surface area contributed by atoms with E-state index >= 15 is 0 Å². The lowest BCUT2D eigenvalue weighted by Gasteiger charge is -2.33. The molecule has 0 unspecified atom stereocenters. The molecule has 0 spiro atoms. The van der Waals surface area contributed by atoms with Crippen LogP contribution in [0.2, 0.25) is 0 Å². The van der Waals surface area contributed by atoms with Crippen molar-refractivity contribution in [2.45, 2.75) is 40.0 Å². The minimum atomic E-state index is -0.256. The van der Waals surface area contributed by atoms with Gasteiger partial charge in [-0.15, -0.1) is 11.3 Å². The second-order valence-corrected chi connectivity index (χ2v) is 11.1. The number of carbonyl (C=O) groups is 1. The Hall–Kier alpha value is -3.63. The summed E-state index contributed by atoms with van der Waals surface area (Å²) in [6.07, 6.45) is 4.79. The number of hydrogen-bond donors (Lipinski definition) is 1. The molecule has 0 fully saturated rings. The van der Waals surface area contributed by atoms with Crippen LogP contribution >= 0.6 is 11.3 Å². The number of para-hydroxylation sites is 1. The first-order valence-electron chi connectivity index (χ1n) is 12.0. The number of nitrogens with zero attached hydrogens (tertiary/aromatic N) is 2. The van der Waals surface area contributed by atoms with Gasteiger partial charge in [0.2, 0.25) is 0 Å². The van der Waals surface area contributed by atoms with Crippen molar-refractivity contribution < 1.29 is 14.3 Å². The van der Waals surface area contributed by atoms with Crippen molar-refractivity contribution in [2.24, 2.45) is 16.3 Å². The Morgan fingerprint density at radius 2 is 2.00 bits per heavy atom. The number of nitrogens with one attached hydrogen (secondary N) is 1. The summed E-state index contributed by atoms with van der Waals surface area (Å²) in [5.74, 6) is 1.33. The number of carbonyl (C=O) groups excluding carboxylic acids is 1. The van der Waals surface area contributed by atoms with E-state index in [0.717, 1.165) is 29.8 Å². The van der Waals surface area contributed by atoms with Crippen LogP contribution in [0.3, 0.4) is 0 Å². The quantitative estimate of drug-likeness (QED) is 0.372. The summed E-state index contributed by atoms with van der Waals surface area (Å²) >= 11 is 1.63. The third kappa shape index (κ3) is 5.95. The summed E-state index contributed by atoms with van der Waals surface area (Å²) in [5.41, 5.74) is 3.65. The Morgan fingerprint density at radius 1 is 1.22 bits per heavy atom. The fourth-order valence-electron chi connectivity index (χ4n) is 4.40. The van der Waals surface area contributed by atoms with Gasteiger partial charge in [-0.2, -0.15) is 5.26 Å². The highest BCUT2D eigenvalue weighted by atomic mass is 32.1. The first kappa shape index (κ1) is 25.5. The first-order chi connectivity index (χ1) is 17.3. The van der Waals surface area contributed by atoms with Gasteiger partial charge in [0.1, 0.15) is 11.1 Å². The molecule has 1 atom stereocenters. The van der Waals surface area contributed by atoms with Gasteiger partial charge in [0.15, 0.2) is 18.1 Å². The van der Waals surface area contributed by atoms with Gasteiger partial charge in [0.25, 0.3) is 5.91 Å². The van der Waals surface area contributed by atoms with Crippen LogP contribution in [0.1, 0.15) is 48.8 Å². The molecule has 0 aliphatic heterocycles. The lowest BCUT2D eigenvalue weighted by atomic mass is 9.72. The van der Waals surface area contributed by atoms with Gasteiger partial charge < -0.3 is 14.8 Å². The SMILES string of the molecule is COc1cc(C=Nc2sc3c(c2C#N)CC[C@H](C(C)(C)C)C3)ccc1OCC(=O)Nc1ccccc1. The summed E-state index contributed by atoms with van der Waals surface area (Å²) < 4.78 is 11.2. The number of benzene rings is 2. The fraction of sp³-hybridized carbons (Fsp3) is 0.345. The maximum absolute atomic E-state index is 12.2. The Kier molecular flexibility index (Phi) is 7.76. The lowest BCUT2D eigenvalue weighted by Crippen LogP contribution is -2.26. The number of rotatable bonds is 7. The third-order valence-electron chi connectivity index (χ3n) is 6.52. The highest BCUT2D eigenvalue weighted by molar-refractivity contribution is 7.16. The zero-order valence-electron chi connectivity index (χ0n) is 21.1. The summed E-state index contributed by atoms with van der Waals surface area (Å²) in [5, 5.41) is 13.4. The molecule has 0 saturated carbocycles. The molecule has 4 rings (SSSR count). The molecule has 1 aliphatic rings. The van der Waals surface area contributed by atoms with Gasteiger partial charge in [0, 0.05) is 16.8 Å². The summed E-state index contributed by atoms with van der Waals surface area (Å²) in [7, 11) is 1.56. The largest absolute Gasteiger partial charge is 0.493 e. The van der Waals surface area contributed by atoms with Crippen molar-refractivity contribution in [1.29, 1.82) is 5.26 Å². The second-order valence-electron chi connectivity index (χ2n) is 9.97. The average molecular weight is 502 g/mol. The van der Waals surface area contributed by atoms with Crippen LogP contribution in [-0.2, 0) is 17.6 Å². The van der Waals surface area contributed by atoms with Crippen molar-refractivity contribution in [3.05, 3.63) is 70.1 Å². The lowest BCUT2D eigenvalue weighted by molar-refractivity contribution is -0.118. The molecule has 1 aliphatic carbocycles. The normalized spacial score (nSPS) is 15.2. The van der Waals surface area contributed by atoms with Crippen LogP contribution in [0.5, 0.6) is 11.5 Å². The molecule has 2 aromatic carbocycles. The Balaban J connectivity index is 1.45. The summed E-state index contributed by atoms with van der Waals surface area (Å²) in [4.78, 5) is 18.2. The minimum Gasteiger partial charge on any atom is -0.493 e. The highest BCUT2D eigenvalue weighted by Crippen LogP contribution is 2.45. The Morgan fingerprint density at radius 3 is 2.69 bits per heavy atom. The van der Waals surface area contributed by atoms with Crippen LogP contribution in [0.25, 0.3) is 0 Å². The third-order valence-corrected chi connectivity index (χ3v) is 7.68. The Bertz CT molecular complexity index is 1300. The number of methoxy groups -OCH3 is 1. The smallest absolute Gasteiger partial charge is 0.262 e. The summed E-state index contributed by atoms with van der Waals surface area (Å²) in [6.45, 7) is 6.73. The van der Waals surface area contributed by atoms with E-state index in [4.69, 9.17) is 9.47 Å². The Labute approximate surface area is 216 Å². The maximum atomic E-state index is 12.2. The molecule has 1 N–H and O–H groups in total. The van der Waals surface area contributed by atoms with E-state index in [1.165, 1.54) is 10.4 Å². The molecule has 36 heavy (non-hydrogen) atoms. The van der Waals surface area contributed by atoms with Crippen LogP contribution in [-0.4, -0.2) is 25.8 Å². The van der Waals surface area contributed by atoms with E-state index in [2.05, 4.69) is 37.1 Å². The number of aliphatic imine (C=N–C) groups is 1. The van der Waals surface area contributed by atoms with Gasteiger partial charge in [-0.05, 0) is 72.1 Å². The number of nitriles is 1. The van der Waals surface area contributed by atoms with Crippen molar-refractivity contribution in [2.75, 3.05) is 19.0 Å². The van der Waals surface area contributed by atoms with E-state index in [1.54, 1.807) is 30.7 Å². The van der Waals surface area contributed by atoms with Gasteiger partial charge in [-0.1, -0.05) is 39.0 Å². The molecule has 3 aromatic rings. The van der Waals surface area contributed by atoms with Gasteiger partial charge in [-0.3, -0.25) is 4.79 Å². The molecule has 6 nitrogen and oxygen atoms in total. The van der Waals surface area contributed by atoms with Crippen LogP contribution in [0.15, 0.2) is 53.5 Å². The standard InChI is InChI=1S/C29H31N3O3S/c1-29(2,3)20-11-12-22-23(16-30)28(36-26(22)15-20)31-17-19-10-13-24(25(14-19)34-4)35-18-27(33)32-21-8-6-5-7-9-21/h5-10,13-14,17,20H,11-12,15,18H2,1-4H3,(H,32,33)/t20-/m0/s1. The van der Waals surface area contributed by atoms with Crippen molar-refractivity contribution >= 4 is 34.1 Å². The van der Waals surface area contributed by atoms with E-state index in [0.29, 0.717) is 28.7 Å². The molecular weight excluding hydrogens is 470 g/mol. The fourth-order valence-corrected chi connectivity index (χ4v) is 5.62. The average Bonchev–Trinajstić information content (AvgIpc) is 3.23. The predicted molar refractivity (Wildman–Crippen MR) is 145 cm³/mol. The zero-order chi connectivity index (χ0) is 25.7. The summed E-state index contributed by atoms with van der Waals surface area (Å²) in [6, 6.07) is 17.0. The van der Waals surface area contributed by atoms with E-state index < -0.39 is 0 Å². The van der Waals surface area contributed by atoms with Crippen LogP contribution in [0.4, 0.5) is 10.7 Å². The molecule has 7 heteroatoms.